The van der Waals surface area contributed by atoms with E-state index in [2.05, 4.69) is 32.7 Å². The number of ether oxygens (including phenoxy) is 2. The van der Waals surface area contributed by atoms with Crippen LogP contribution in [0.1, 0.15) is 47.2 Å². The lowest BCUT2D eigenvalue weighted by molar-refractivity contribution is -0.152. The van der Waals surface area contributed by atoms with Crippen LogP contribution in [0.2, 0.25) is 5.31 Å². The average Bonchev–Trinajstić information content (AvgIpc) is 2.50. The molecule has 0 aliphatic carbocycles. The highest BCUT2D eigenvalue weighted by molar-refractivity contribution is 6.73. The summed E-state index contributed by atoms with van der Waals surface area (Å²) in [5, 5.41) is 0.0364. The molecule has 0 aromatic carbocycles. The Labute approximate surface area is 145 Å². The van der Waals surface area contributed by atoms with Crippen molar-refractivity contribution < 1.29 is 18.9 Å². The number of hydrogen-bond donors (Lipinski definition) is 0. The number of aromatic nitrogens is 1. The molecule has 0 bridgehead atoms. The molecule has 5 nitrogen and oxygen atoms in total. The van der Waals surface area contributed by atoms with Crippen LogP contribution in [-0.4, -0.2) is 37.2 Å². The van der Waals surface area contributed by atoms with Gasteiger partial charge in [-0.15, -0.1) is 0 Å². The lowest BCUT2D eigenvalue weighted by Crippen LogP contribution is -2.67. The third kappa shape index (κ3) is 3.16. The molecule has 6 heteroatoms. The van der Waals surface area contributed by atoms with E-state index >= 15 is 0 Å². The van der Waals surface area contributed by atoms with Gasteiger partial charge >= 0.3 is 12.9 Å². The lowest BCUT2D eigenvalue weighted by Gasteiger charge is -2.57. The van der Waals surface area contributed by atoms with E-state index in [0.717, 1.165) is 11.2 Å². The third-order valence-corrected chi connectivity index (χ3v) is 5.32. The van der Waals surface area contributed by atoms with E-state index in [-0.39, 0.29) is 30.4 Å². The minimum Gasteiger partial charge on any atom is -0.476 e. The Morgan fingerprint density at radius 1 is 1.29 bits per heavy atom. The standard InChI is InChI=1S/C18H28BNO4/c1-12-13(19-17(4,5)18(6,7)24-19)9-10-14(20-12)23-11-16(2,3)15(21)22-8/h9-10H,11H2,1-8H3. The van der Waals surface area contributed by atoms with Crippen LogP contribution in [0.5, 0.6) is 5.88 Å². The summed E-state index contributed by atoms with van der Waals surface area (Å²) < 4.78 is 16.6. The zero-order chi connectivity index (χ0) is 18.3. The molecule has 24 heavy (non-hydrogen) atoms. The zero-order valence-corrected chi connectivity index (χ0v) is 16.0. The van der Waals surface area contributed by atoms with Crippen molar-refractivity contribution in [3.05, 3.63) is 17.8 Å². The summed E-state index contributed by atoms with van der Waals surface area (Å²) in [6.07, 6.45) is 0. The fourth-order valence-corrected chi connectivity index (χ4v) is 2.80. The first-order valence-corrected chi connectivity index (χ1v) is 8.29. The summed E-state index contributed by atoms with van der Waals surface area (Å²) in [4.78, 5) is 16.2. The number of aryl methyl sites for hydroxylation is 1. The van der Waals surface area contributed by atoms with E-state index in [4.69, 9.17) is 14.1 Å². The van der Waals surface area contributed by atoms with Crippen molar-refractivity contribution in [2.24, 2.45) is 5.41 Å². The molecule has 2 heterocycles. The van der Waals surface area contributed by atoms with Crippen molar-refractivity contribution >= 4 is 18.3 Å². The van der Waals surface area contributed by atoms with Gasteiger partial charge in [0, 0.05) is 16.6 Å². The van der Waals surface area contributed by atoms with E-state index in [1.54, 1.807) is 13.8 Å². The van der Waals surface area contributed by atoms with Gasteiger partial charge in [-0.3, -0.25) is 4.79 Å². The predicted octanol–water partition coefficient (Wildman–Crippen LogP) is 2.76. The average molecular weight is 333 g/mol. The van der Waals surface area contributed by atoms with Crippen LogP contribution < -0.4 is 10.2 Å². The first kappa shape index (κ1) is 18.8. The fraction of sp³-hybridized carbons (Fsp3) is 0.667. The Hall–Kier alpha value is -1.56. The van der Waals surface area contributed by atoms with E-state index in [9.17, 15) is 4.79 Å². The largest absolute Gasteiger partial charge is 0.476 e. The molecule has 1 aromatic heterocycles. The molecule has 1 aliphatic heterocycles. The predicted molar refractivity (Wildman–Crippen MR) is 94.9 cm³/mol. The molecule has 0 N–H and O–H groups in total. The first-order chi connectivity index (χ1) is 10.9. The molecular weight excluding hydrogens is 305 g/mol. The highest BCUT2D eigenvalue weighted by Gasteiger charge is 2.59. The summed E-state index contributed by atoms with van der Waals surface area (Å²) in [5.41, 5.74) is 1.10. The van der Waals surface area contributed by atoms with Crippen LogP contribution in [-0.2, 0) is 14.2 Å². The van der Waals surface area contributed by atoms with E-state index in [0.29, 0.717) is 5.88 Å². The Bertz CT molecular complexity index is 640. The van der Waals surface area contributed by atoms with Crippen molar-refractivity contribution in [1.82, 2.24) is 4.98 Å². The quantitative estimate of drug-likeness (QED) is 0.613. The normalized spacial score (nSPS) is 18.8. The summed E-state index contributed by atoms with van der Waals surface area (Å²) >= 11 is 0. The summed E-state index contributed by atoms with van der Waals surface area (Å²) in [6.45, 7) is 14.4. The number of nitrogens with zero attached hydrogens (tertiary/aromatic N) is 1. The van der Waals surface area contributed by atoms with Gasteiger partial charge in [0.15, 0.2) is 0 Å². The van der Waals surface area contributed by atoms with Crippen molar-refractivity contribution in [3.8, 4) is 5.88 Å². The van der Waals surface area contributed by atoms with E-state index in [1.165, 1.54) is 7.11 Å². The van der Waals surface area contributed by atoms with Crippen molar-refractivity contribution in [3.63, 3.8) is 0 Å². The second kappa shape index (κ2) is 6.06. The Kier molecular flexibility index (Phi) is 4.75. The van der Waals surface area contributed by atoms with Gasteiger partial charge in [0.1, 0.15) is 6.61 Å². The van der Waals surface area contributed by atoms with Gasteiger partial charge in [0.25, 0.3) is 0 Å². The van der Waals surface area contributed by atoms with Crippen molar-refractivity contribution in [1.29, 1.82) is 0 Å². The van der Waals surface area contributed by atoms with Crippen molar-refractivity contribution in [2.45, 2.75) is 59.4 Å². The second-order valence-electron chi connectivity index (χ2n) is 8.22. The number of methoxy groups -OCH3 is 1. The molecule has 1 aliphatic rings. The fourth-order valence-electron chi connectivity index (χ4n) is 2.80. The molecule has 1 saturated heterocycles. The van der Waals surface area contributed by atoms with Gasteiger partial charge in [-0.2, -0.15) is 0 Å². The zero-order valence-electron chi connectivity index (χ0n) is 16.0. The van der Waals surface area contributed by atoms with E-state index < -0.39 is 5.41 Å². The molecule has 0 spiro atoms. The molecule has 0 amide bonds. The molecule has 0 atom stereocenters. The van der Waals surface area contributed by atoms with Crippen LogP contribution in [0.15, 0.2) is 12.1 Å². The maximum atomic E-state index is 11.7. The van der Waals surface area contributed by atoms with Gasteiger partial charge in [-0.1, -0.05) is 19.9 Å². The monoisotopic (exact) mass is 333 g/mol. The maximum Gasteiger partial charge on any atom is 0.337 e. The van der Waals surface area contributed by atoms with Crippen LogP contribution in [0.25, 0.3) is 0 Å². The number of esters is 1. The number of hydrogen-bond acceptors (Lipinski definition) is 5. The molecule has 0 saturated carbocycles. The Morgan fingerprint density at radius 3 is 2.38 bits per heavy atom. The summed E-state index contributed by atoms with van der Waals surface area (Å²) in [7, 11) is 1.38. The first-order valence-electron chi connectivity index (χ1n) is 8.29. The topological polar surface area (TPSA) is 57.7 Å². The molecule has 0 unspecified atom stereocenters. The Balaban J connectivity index is 2.10. The molecule has 0 radical (unpaired) electrons. The Morgan fingerprint density at radius 2 is 1.92 bits per heavy atom. The van der Waals surface area contributed by atoms with Gasteiger partial charge in [-0.05, 0) is 46.1 Å². The van der Waals surface area contributed by atoms with Crippen LogP contribution in [0, 0.1) is 12.3 Å². The van der Waals surface area contributed by atoms with Gasteiger partial charge in [0.2, 0.25) is 5.88 Å². The highest BCUT2D eigenvalue weighted by Crippen LogP contribution is 2.53. The SMILES string of the molecule is COC(=O)C(C)(C)COc1ccc(B2OC(C)(C)C2(C)C)c(C)n1. The summed E-state index contributed by atoms with van der Waals surface area (Å²) in [6, 6.07) is 3.84. The highest BCUT2D eigenvalue weighted by atomic mass is 16.5. The molecular formula is C18H28BNO4. The minimum absolute atomic E-state index is 0.0283. The smallest absolute Gasteiger partial charge is 0.337 e. The number of pyridine rings is 1. The van der Waals surface area contributed by atoms with Crippen LogP contribution in [0.4, 0.5) is 0 Å². The van der Waals surface area contributed by atoms with Crippen molar-refractivity contribution in [2.75, 3.05) is 13.7 Å². The third-order valence-electron chi connectivity index (χ3n) is 5.32. The number of carbonyl (C=O) groups is 1. The minimum atomic E-state index is -0.716. The molecule has 2 rings (SSSR count). The van der Waals surface area contributed by atoms with E-state index in [1.807, 2.05) is 19.1 Å². The van der Waals surface area contributed by atoms with Gasteiger partial charge in [0.05, 0.1) is 12.5 Å². The molecule has 132 valence electrons. The maximum absolute atomic E-state index is 11.7. The molecule has 1 aromatic rings. The summed E-state index contributed by atoms with van der Waals surface area (Å²) in [5.74, 6) is 0.201. The van der Waals surface area contributed by atoms with Gasteiger partial charge in [-0.25, -0.2) is 4.98 Å². The second-order valence-corrected chi connectivity index (χ2v) is 8.22. The lowest BCUT2D eigenvalue weighted by atomic mass is 9.33. The number of rotatable bonds is 5. The van der Waals surface area contributed by atoms with Crippen LogP contribution >= 0.6 is 0 Å². The number of carbonyl (C=O) groups excluding carboxylic acids is 1. The van der Waals surface area contributed by atoms with Crippen LogP contribution in [0.3, 0.4) is 0 Å². The van der Waals surface area contributed by atoms with Gasteiger partial charge < -0.3 is 14.1 Å². The molecule has 1 fully saturated rings.